The highest BCUT2D eigenvalue weighted by Crippen LogP contribution is 2.38. The number of carbonyl (C=O) groups is 1. The van der Waals surface area contributed by atoms with Crippen molar-refractivity contribution >= 4 is 23.3 Å². The molecule has 0 saturated heterocycles. The molecule has 1 aromatic heterocycles. The van der Waals surface area contributed by atoms with E-state index in [0.29, 0.717) is 5.02 Å². The fraction of sp³-hybridized carbons (Fsp3) is 0.300. The third-order valence-corrected chi connectivity index (χ3v) is 4.64. The lowest BCUT2D eigenvalue weighted by molar-refractivity contribution is -0.117. The first-order valence-electron chi connectivity index (χ1n) is 8.51. The molecule has 5 nitrogen and oxygen atoms in total. The lowest BCUT2D eigenvalue weighted by atomic mass is 9.89. The van der Waals surface area contributed by atoms with Crippen LogP contribution in [0.2, 0.25) is 5.02 Å². The van der Waals surface area contributed by atoms with E-state index in [9.17, 15) is 4.79 Å². The van der Waals surface area contributed by atoms with Gasteiger partial charge in [0, 0.05) is 19.1 Å². The van der Waals surface area contributed by atoms with Crippen LogP contribution in [0.25, 0.3) is 0 Å². The first-order valence-corrected chi connectivity index (χ1v) is 8.89. The van der Waals surface area contributed by atoms with Gasteiger partial charge < -0.3 is 15.0 Å². The highest BCUT2D eigenvalue weighted by atomic mass is 35.5. The van der Waals surface area contributed by atoms with Crippen molar-refractivity contribution < 1.29 is 9.53 Å². The molecule has 1 amide bonds. The number of pyridine rings is 1. The maximum Gasteiger partial charge on any atom is 0.243 e. The minimum atomic E-state index is -0.185. The number of benzene rings is 1. The number of fused-ring (bicyclic) bond motifs is 1. The summed E-state index contributed by atoms with van der Waals surface area (Å²) in [7, 11) is 3.90. The van der Waals surface area contributed by atoms with Gasteiger partial charge in [-0.25, -0.2) is 4.98 Å². The quantitative estimate of drug-likeness (QED) is 0.805. The summed E-state index contributed by atoms with van der Waals surface area (Å²) < 4.78 is 6.18. The monoisotopic (exact) mass is 371 g/mol. The standard InChI is InChI=1S/C20H22ClN3O2/c1-4-19(25)22-16-10-11-17(26-14-7-5-13(21)6-8-14)20-15(16)9-12-18(23-20)24(2)3/h4-9,12,16-17H,1,10-11H2,2-3H3,(H,22,25)/t16-,17+/m0/s1. The van der Waals surface area contributed by atoms with Gasteiger partial charge in [0.05, 0.1) is 11.7 Å². The number of hydrogen-bond donors (Lipinski definition) is 1. The molecule has 26 heavy (non-hydrogen) atoms. The van der Waals surface area contributed by atoms with Crippen molar-refractivity contribution in [3.8, 4) is 5.75 Å². The Morgan fingerprint density at radius 2 is 2.00 bits per heavy atom. The zero-order valence-electron chi connectivity index (χ0n) is 14.9. The molecule has 1 aliphatic rings. The summed E-state index contributed by atoms with van der Waals surface area (Å²) in [4.78, 5) is 18.5. The lowest BCUT2D eigenvalue weighted by Gasteiger charge is -2.32. The molecule has 3 rings (SSSR count). The van der Waals surface area contributed by atoms with Crippen LogP contribution >= 0.6 is 11.6 Å². The van der Waals surface area contributed by atoms with Crippen LogP contribution in [-0.2, 0) is 4.79 Å². The van der Waals surface area contributed by atoms with Crippen molar-refractivity contribution in [3.63, 3.8) is 0 Å². The van der Waals surface area contributed by atoms with Crippen LogP contribution < -0.4 is 15.0 Å². The Labute approximate surface area is 158 Å². The summed E-state index contributed by atoms with van der Waals surface area (Å²) in [6, 6.07) is 11.2. The highest BCUT2D eigenvalue weighted by Gasteiger charge is 2.31. The summed E-state index contributed by atoms with van der Waals surface area (Å²) in [5.41, 5.74) is 1.84. The molecule has 1 N–H and O–H groups in total. The van der Waals surface area contributed by atoms with Crippen LogP contribution in [-0.4, -0.2) is 25.0 Å². The van der Waals surface area contributed by atoms with Gasteiger partial charge >= 0.3 is 0 Å². The second-order valence-electron chi connectivity index (χ2n) is 6.44. The maximum atomic E-state index is 11.8. The largest absolute Gasteiger partial charge is 0.484 e. The molecular weight excluding hydrogens is 350 g/mol. The topological polar surface area (TPSA) is 54.5 Å². The number of anilines is 1. The average molecular weight is 372 g/mol. The van der Waals surface area contributed by atoms with Gasteiger partial charge in [-0.2, -0.15) is 0 Å². The predicted octanol–water partition coefficient (Wildman–Crippen LogP) is 4.06. The third kappa shape index (κ3) is 3.99. The zero-order chi connectivity index (χ0) is 18.7. The van der Waals surface area contributed by atoms with E-state index in [4.69, 9.17) is 21.3 Å². The molecule has 2 atom stereocenters. The highest BCUT2D eigenvalue weighted by molar-refractivity contribution is 6.30. The average Bonchev–Trinajstić information content (AvgIpc) is 2.64. The SMILES string of the molecule is C=CC(=O)N[C@H]1CC[C@@H](Oc2ccc(Cl)cc2)c2nc(N(C)C)ccc21. The van der Waals surface area contributed by atoms with E-state index in [1.54, 1.807) is 12.1 Å². The Kier molecular flexibility index (Phi) is 5.47. The second-order valence-corrected chi connectivity index (χ2v) is 6.88. The van der Waals surface area contributed by atoms with Crippen LogP contribution in [0.3, 0.4) is 0 Å². The second kappa shape index (κ2) is 7.79. The van der Waals surface area contributed by atoms with Gasteiger partial charge in [-0.15, -0.1) is 0 Å². The predicted molar refractivity (Wildman–Crippen MR) is 104 cm³/mol. The smallest absolute Gasteiger partial charge is 0.243 e. The van der Waals surface area contributed by atoms with Crippen molar-refractivity contribution in [2.24, 2.45) is 0 Å². The van der Waals surface area contributed by atoms with Crippen molar-refractivity contribution in [2.45, 2.75) is 25.0 Å². The molecule has 0 spiro atoms. The Morgan fingerprint density at radius 1 is 1.27 bits per heavy atom. The minimum absolute atomic E-state index is 0.0933. The Balaban J connectivity index is 1.93. The summed E-state index contributed by atoms with van der Waals surface area (Å²) >= 11 is 5.95. The molecular formula is C20H22ClN3O2. The molecule has 0 unspecified atom stereocenters. The van der Waals surface area contributed by atoms with E-state index < -0.39 is 0 Å². The van der Waals surface area contributed by atoms with Gasteiger partial charge in [0.25, 0.3) is 0 Å². The Bertz CT molecular complexity index is 805. The van der Waals surface area contributed by atoms with Gasteiger partial charge in [-0.3, -0.25) is 4.79 Å². The van der Waals surface area contributed by atoms with Gasteiger partial charge in [0.2, 0.25) is 5.91 Å². The lowest BCUT2D eigenvalue weighted by Crippen LogP contribution is -2.32. The number of ether oxygens (including phenoxy) is 1. The number of rotatable bonds is 5. The summed E-state index contributed by atoms with van der Waals surface area (Å²) in [6.07, 6.45) is 2.63. The summed E-state index contributed by atoms with van der Waals surface area (Å²) in [6.45, 7) is 3.53. The number of aromatic nitrogens is 1. The van der Waals surface area contributed by atoms with Crippen molar-refractivity contribution in [1.82, 2.24) is 10.3 Å². The van der Waals surface area contributed by atoms with Crippen LogP contribution in [0.15, 0.2) is 49.1 Å². The van der Waals surface area contributed by atoms with Crippen molar-refractivity contribution in [2.75, 3.05) is 19.0 Å². The number of carbonyl (C=O) groups excluding carboxylic acids is 1. The molecule has 0 aliphatic heterocycles. The van der Waals surface area contributed by atoms with Crippen LogP contribution in [0.5, 0.6) is 5.75 Å². The van der Waals surface area contributed by atoms with E-state index in [0.717, 1.165) is 35.7 Å². The molecule has 1 aliphatic carbocycles. The minimum Gasteiger partial charge on any atom is -0.484 e. The maximum absolute atomic E-state index is 11.8. The van der Waals surface area contributed by atoms with Crippen LogP contribution in [0.4, 0.5) is 5.82 Å². The summed E-state index contributed by atoms with van der Waals surface area (Å²) in [5, 5.41) is 3.65. The normalized spacial score (nSPS) is 18.6. The first kappa shape index (κ1) is 18.3. The van der Waals surface area contributed by atoms with E-state index in [1.807, 2.05) is 43.3 Å². The number of amides is 1. The molecule has 0 fully saturated rings. The number of hydrogen-bond acceptors (Lipinski definition) is 4. The van der Waals surface area contributed by atoms with Crippen LogP contribution in [0.1, 0.15) is 36.2 Å². The Hall–Kier alpha value is -2.53. The van der Waals surface area contributed by atoms with Gasteiger partial charge in [0.1, 0.15) is 17.7 Å². The number of halogens is 1. The molecule has 2 aromatic rings. The number of nitrogens with one attached hydrogen (secondary N) is 1. The van der Waals surface area contributed by atoms with E-state index in [-0.39, 0.29) is 18.1 Å². The molecule has 0 radical (unpaired) electrons. The fourth-order valence-corrected chi connectivity index (χ4v) is 3.19. The molecule has 136 valence electrons. The van der Waals surface area contributed by atoms with Gasteiger partial charge in [-0.05, 0) is 54.8 Å². The fourth-order valence-electron chi connectivity index (χ4n) is 3.06. The zero-order valence-corrected chi connectivity index (χ0v) is 15.7. The van der Waals surface area contributed by atoms with E-state index in [1.165, 1.54) is 6.08 Å². The molecule has 1 aromatic carbocycles. The van der Waals surface area contributed by atoms with Crippen LogP contribution in [0, 0.1) is 0 Å². The van der Waals surface area contributed by atoms with E-state index >= 15 is 0 Å². The molecule has 0 bridgehead atoms. The first-order chi connectivity index (χ1) is 12.5. The Morgan fingerprint density at radius 3 is 2.65 bits per heavy atom. The summed E-state index contributed by atoms with van der Waals surface area (Å²) in [5.74, 6) is 1.41. The third-order valence-electron chi connectivity index (χ3n) is 4.39. The van der Waals surface area contributed by atoms with Gasteiger partial charge in [-0.1, -0.05) is 24.2 Å². The number of nitrogens with zero attached hydrogens (tertiary/aromatic N) is 2. The van der Waals surface area contributed by atoms with Gasteiger partial charge in [0.15, 0.2) is 0 Å². The van der Waals surface area contributed by atoms with Crippen molar-refractivity contribution in [1.29, 1.82) is 0 Å². The molecule has 1 heterocycles. The van der Waals surface area contributed by atoms with E-state index in [2.05, 4.69) is 11.9 Å². The van der Waals surface area contributed by atoms with Crippen molar-refractivity contribution in [3.05, 3.63) is 65.3 Å². The molecule has 0 saturated carbocycles. The molecule has 6 heteroatoms.